The van der Waals surface area contributed by atoms with Crippen LogP contribution in [0.15, 0.2) is 54.6 Å². The van der Waals surface area contributed by atoms with Gasteiger partial charge in [-0.2, -0.15) is 0 Å². The molecule has 0 radical (unpaired) electrons. The van der Waals surface area contributed by atoms with Gasteiger partial charge in [-0.25, -0.2) is 62.6 Å². The smallest absolute Gasteiger partial charge is 0.352 e. The summed E-state index contributed by atoms with van der Waals surface area (Å²) >= 11 is 0. The van der Waals surface area contributed by atoms with Crippen LogP contribution in [-0.4, -0.2) is 45.8 Å². The molecule has 0 saturated heterocycles. The molecule has 0 bridgehead atoms. The number of carbonyl (C=O) groups excluding carboxylic acids is 4. The molecule has 200 valence electrons. The van der Waals surface area contributed by atoms with Crippen LogP contribution < -0.4 is 43.8 Å². The maximum absolute atomic E-state index is 12.5. The van der Waals surface area contributed by atoms with Crippen molar-refractivity contribution in [3.63, 3.8) is 0 Å². The Kier molecular flexibility index (Phi) is 11.2. The fourth-order valence-corrected chi connectivity index (χ4v) is 2.67. The SMILES string of the molecule is CC(C)CNNC(=O)N(Cc1ccccc1)NC(=O)NNC(=O)NNC(=O)N(N)Cc1ccc(O)cc1. The molecule has 15 nitrogen and oxygen atoms in total. The summed E-state index contributed by atoms with van der Waals surface area (Å²) in [5.74, 6) is 6.00. The highest BCUT2D eigenvalue weighted by molar-refractivity contribution is 5.83. The van der Waals surface area contributed by atoms with Crippen LogP contribution in [0.4, 0.5) is 19.2 Å². The van der Waals surface area contributed by atoms with E-state index in [1.807, 2.05) is 30.8 Å². The number of phenolic OH excluding ortho intramolecular Hbond substituents is 1. The summed E-state index contributed by atoms with van der Waals surface area (Å²) in [6.45, 7) is 4.49. The van der Waals surface area contributed by atoms with Gasteiger partial charge in [0.15, 0.2) is 0 Å². The van der Waals surface area contributed by atoms with E-state index in [-0.39, 0.29) is 24.8 Å². The number of hydrazine groups is 5. The van der Waals surface area contributed by atoms with E-state index < -0.39 is 24.1 Å². The van der Waals surface area contributed by atoms with Gasteiger partial charge in [-0.15, -0.1) is 0 Å². The molecule has 2 rings (SSSR count). The molecule has 0 aromatic heterocycles. The molecule has 0 aliphatic carbocycles. The highest BCUT2D eigenvalue weighted by Gasteiger charge is 2.17. The molecule has 10 N–H and O–H groups in total. The van der Waals surface area contributed by atoms with E-state index in [4.69, 9.17) is 5.84 Å². The minimum absolute atomic E-state index is 0.00140. The van der Waals surface area contributed by atoms with Crippen molar-refractivity contribution in [2.45, 2.75) is 26.9 Å². The summed E-state index contributed by atoms with van der Waals surface area (Å²) in [6.07, 6.45) is 0. The van der Waals surface area contributed by atoms with Crippen molar-refractivity contribution in [2.24, 2.45) is 11.8 Å². The normalized spacial score (nSPS) is 10.2. The topological polar surface area (TPSA) is 205 Å². The lowest BCUT2D eigenvalue weighted by atomic mass is 10.2. The largest absolute Gasteiger partial charge is 0.508 e. The zero-order valence-corrected chi connectivity index (χ0v) is 20.4. The van der Waals surface area contributed by atoms with E-state index in [9.17, 15) is 24.3 Å². The summed E-state index contributed by atoms with van der Waals surface area (Å²) in [7, 11) is 0. The van der Waals surface area contributed by atoms with Crippen molar-refractivity contribution in [3.05, 3.63) is 65.7 Å². The molecule has 0 heterocycles. The third kappa shape index (κ3) is 11.0. The van der Waals surface area contributed by atoms with Crippen molar-refractivity contribution in [1.29, 1.82) is 0 Å². The summed E-state index contributed by atoms with van der Waals surface area (Å²) in [6, 6.07) is 11.6. The van der Waals surface area contributed by atoms with Gasteiger partial charge in [0.2, 0.25) is 0 Å². The first-order valence-corrected chi connectivity index (χ1v) is 11.2. The highest BCUT2D eigenvalue weighted by Crippen LogP contribution is 2.10. The zero-order valence-electron chi connectivity index (χ0n) is 20.4. The molecule has 15 heteroatoms. The van der Waals surface area contributed by atoms with Crippen LogP contribution in [0.2, 0.25) is 0 Å². The van der Waals surface area contributed by atoms with Gasteiger partial charge in [-0.1, -0.05) is 56.3 Å². The van der Waals surface area contributed by atoms with Crippen molar-refractivity contribution < 1.29 is 24.3 Å². The molecule has 2 aromatic rings. The molecule has 0 saturated carbocycles. The van der Waals surface area contributed by atoms with Gasteiger partial charge in [0.25, 0.3) is 0 Å². The van der Waals surface area contributed by atoms with Crippen molar-refractivity contribution >= 4 is 24.1 Å². The van der Waals surface area contributed by atoms with Crippen LogP contribution in [0.1, 0.15) is 25.0 Å². The zero-order chi connectivity index (χ0) is 27.2. The number of nitrogens with two attached hydrogens (primary N) is 1. The summed E-state index contributed by atoms with van der Waals surface area (Å²) in [5, 5.41) is 11.1. The molecule has 8 amide bonds. The highest BCUT2D eigenvalue weighted by atomic mass is 16.3. The Balaban J connectivity index is 1.79. The number of urea groups is 4. The van der Waals surface area contributed by atoms with Crippen LogP contribution in [0.25, 0.3) is 0 Å². The van der Waals surface area contributed by atoms with Gasteiger partial charge in [0.05, 0.1) is 13.1 Å². The Morgan fingerprint density at radius 3 is 2.03 bits per heavy atom. The fraction of sp³-hybridized carbons (Fsp3) is 0.273. The van der Waals surface area contributed by atoms with E-state index in [1.165, 1.54) is 12.1 Å². The number of hydrogen-bond donors (Lipinski definition) is 9. The first kappa shape index (κ1) is 28.5. The van der Waals surface area contributed by atoms with E-state index >= 15 is 0 Å². The average Bonchev–Trinajstić information content (AvgIpc) is 2.87. The lowest BCUT2D eigenvalue weighted by molar-refractivity contribution is 0.157. The maximum atomic E-state index is 12.5. The number of nitrogens with one attached hydrogen (secondary N) is 7. The lowest BCUT2D eigenvalue weighted by Gasteiger charge is -2.24. The predicted molar refractivity (Wildman–Crippen MR) is 133 cm³/mol. The van der Waals surface area contributed by atoms with Crippen LogP contribution in [0.5, 0.6) is 5.75 Å². The molecule has 0 fully saturated rings. The number of rotatable bonds is 7. The number of benzene rings is 2. The second-order valence-corrected chi connectivity index (χ2v) is 8.15. The van der Waals surface area contributed by atoms with E-state index in [1.54, 1.807) is 36.4 Å². The van der Waals surface area contributed by atoms with Gasteiger partial charge < -0.3 is 5.11 Å². The van der Waals surface area contributed by atoms with Gasteiger partial charge in [0, 0.05) is 6.54 Å². The van der Waals surface area contributed by atoms with Crippen LogP contribution in [0.3, 0.4) is 0 Å². The summed E-state index contributed by atoms with van der Waals surface area (Å²) < 4.78 is 0. The predicted octanol–water partition coefficient (Wildman–Crippen LogP) is 0.493. The second kappa shape index (κ2) is 14.6. The first-order valence-electron chi connectivity index (χ1n) is 11.2. The lowest BCUT2D eigenvalue weighted by Crippen LogP contribution is -2.60. The molecule has 2 aromatic carbocycles. The molecule has 0 aliphatic heterocycles. The van der Waals surface area contributed by atoms with E-state index in [0.29, 0.717) is 12.1 Å². The van der Waals surface area contributed by atoms with Gasteiger partial charge in [-0.3, -0.25) is 10.4 Å². The van der Waals surface area contributed by atoms with Crippen LogP contribution in [0, 0.1) is 5.92 Å². The van der Waals surface area contributed by atoms with Gasteiger partial charge in [-0.05, 0) is 29.2 Å². The van der Waals surface area contributed by atoms with Crippen LogP contribution in [-0.2, 0) is 13.1 Å². The Bertz CT molecular complexity index is 1040. The van der Waals surface area contributed by atoms with E-state index in [2.05, 4.69) is 27.1 Å². The maximum Gasteiger partial charge on any atom is 0.352 e. The van der Waals surface area contributed by atoms with Crippen molar-refractivity contribution in [1.82, 2.24) is 48.0 Å². The summed E-state index contributed by atoms with van der Waals surface area (Å²) in [5.41, 5.74) is 17.1. The quantitative estimate of drug-likeness (QED) is 0.144. The van der Waals surface area contributed by atoms with Crippen molar-refractivity contribution in [2.75, 3.05) is 6.54 Å². The Labute approximate surface area is 213 Å². The fourth-order valence-electron chi connectivity index (χ4n) is 2.67. The Hall–Kier alpha value is -4.76. The van der Waals surface area contributed by atoms with E-state index in [0.717, 1.165) is 15.6 Å². The minimum Gasteiger partial charge on any atom is -0.508 e. The monoisotopic (exact) mass is 516 g/mol. The number of hydrogen-bond acceptors (Lipinski definition) is 7. The molecule has 0 atom stereocenters. The number of nitrogens with zero attached hydrogens (tertiary/aromatic N) is 2. The standard InChI is InChI=1S/C22H32N10O5/c1-15(2)12-24-28-22(37)32(14-16-6-4-3-5-7-16)30-20(35)27-25-19(34)26-29-21(36)31(23)13-17-8-10-18(33)11-9-17/h3-11,15,24,33H,12-14,23H2,1-2H3,(H,28,37)(H,29,36)(H2,25,26,34)(H2,27,30,35). The summed E-state index contributed by atoms with van der Waals surface area (Å²) in [4.78, 5) is 48.7. The average molecular weight is 517 g/mol. The molecular formula is C22H32N10O5. The Morgan fingerprint density at radius 1 is 0.784 bits per heavy atom. The number of carbonyl (C=O) groups is 4. The third-order valence-electron chi connectivity index (χ3n) is 4.49. The molecule has 37 heavy (non-hydrogen) atoms. The minimum atomic E-state index is -0.987. The number of amides is 8. The second-order valence-electron chi connectivity index (χ2n) is 8.15. The molecular weight excluding hydrogens is 484 g/mol. The van der Waals surface area contributed by atoms with Gasteiger partial charge in [0.1, 0.15) is 5.75 Å². The molecule has 0 aliphatic rings. The first-order chi connectivity index (χ1) is 17.6. The molecule has 0 spiro atoms. The van der Waals surface area contributed by atoms with Crippen LogP contribution >= 0.6 is 0 Å². The van der Waals surface area contributed by atoms with Crippen molar-refractivity contribution in [3.8, 4) is 5.75 Å². The molecule has 0 unspecified atom stereocenters. The number of aromatic hydroxyl groups is 1. The number of phenols is 1. The third-order valence-corrected chi connectivity index (χ3v) is 4.49. The Morgan fingerprint density at radius 2 is 1.38 bits per heavy atom. The van der Waals surface area contributed by atoms with Gasteiger partial charge >= 0.3 is 24.1 Å².